The van der Waals surface area contributed by atoms with Crippen LogP contribution < -0.4 is 0 Å². The van der Waals surface area contributed by atoms with Crippen molar-refractivity contribution in [2.75, 3.05) is 0 Å². The molecular formula is C14H11NOS. The molecule has 1 N–H and O–H groups in total. The lowest BCUT2D eigenvalue weighted by Crippen LogP contribution is -1.83. The van der Waals surface area contributed by atoms with Crippen LogP contribution in [0, 0.1) is 0 Å². The number of thiophene rings is 1. The molecule has 2 nitrogen and oxygen atoms in total. The Morgan fingerprint density at radius 2 is 2.18 bits per heavy atom. The average molecular weight is 241 g/mol. The van der Waals surface area contributed by atoms with Crippen molar-refractivity contribution in [3.63, 3.8) is 0 Å². The number of carbonyl (C=O) groups is 1. The van der Waals surface area contributed by atoms with Gasteiger partial charge in [-0.1, -0.05) is 18.2 Å². The first-order valence-corrected chi connectivity index (χ1v) is 6.32. The number of para-hydroxylation sites is 1. The van der Waals surface area contributed by atoms with Gasteiger partial charge < -0.3 is 4.98 Å². The molecule has 84 valence electrons. The Balaban J connectivity index is 1.96. The largest absolute Gasteiger partial charge is 0.361 e. The van der Waals surface area contributed by atoms with Crippen molar-refractivity contribution in [3.05, 3.63) is 57.9 Å². The molecule has 1 aromatic carbocycles. The summed E-state index contributed by atoms with van der Waals surface area (Å²) in [5.74, 6) is 0. The van der Waals surface area contributed by atoms with Crippen molar-refractivity contribution < 1.29 is 4.79 Å². The second-order valence-electron chi connectivity index (χ2n) is 4.01. The van der Waals surface area contributed by atoms with E-state index in [4.69, 9.17) is 0 Å². The summed E-state index contributed by atoms with van der Waals surface area (Å²) in [6, 6.07) is 10.2. The van der Waals surface area contributed by atoms with Crippen LogP contribution in [0.4, 0.5) is 0 Å². The summed E-state index contributed by atoms with van der Waals surface area (Å²) in [5, 5.41) is 3.30. The molecule has 0 fully saturated rings. The quantitative estimate of drug-likeness (QED) is 0.698. The molecular weight excluding hydrogens is 230 g/mol. The number of benzene rings is 1. The van der Waals surface area contributed by atoms with Crippen LogP contribution in [0.2, 0.25) is 0 Å². The van der Waals surface area contributed by atoms with Gasteiger partial charge in [0.25, 0.3) is 0 Å². The van der Waals surface area contributed by atoms with Gasteiger partial charge >= 0.3 is 0 Å². The van der Waals surface area contributed by atoms with Crippen molar-refractivity contribution in [1.82, 2.24) is 4.98 Å². The zero-order valence-electron chi connectivity index (χ0n) is 9.14. The minimum absolute atomic E-state index is 0.792. The molecule has 2 aromatic heterocycles. The first kappa shape index (κ1) is 10.3. The summed E-state index contributed by atoms with van der Waals surface area (Å²) in [6.07, 6.45) is 3.82. The Kier molecular flexibility index (Phi) is 2.53. The summed E-state index contributed by atoms with van der Waals surface area (Å²) >= 11 is 1.50. The van der Waals surface area contributed by atoms with Crippen molar-refractivity contribution in [1.29, 1.82) is 0 Å². The molecule has 3 rings (SSSR count). The summed E-state index contributed by atoms with van der Waals surface area (Å²) in [4.78, 5) is 14.7. The van der Waals surface area contributed by atoms with Crippen molar-refractivity contribution in [2.24, 2.45) is 0 Å². The van der Waals surface area contributed by atoms with E-state index in [1.54, 1.807) is 0 Å². The van der Waals surface area contributed by atoms with Crippen molar-refractivity contribution in [2.45, 2.75) is 6.42 Å². The lowest BCUT2D eigenvalue weighted by molar-refractivity contribution is 0.112. The van der Waals surface area contributed by atoms with Gasteiger partial charge in [-0.3, -0.25) is 4.79 Å². The van der Waals surface area contributed by atoms with E-state index in [-0.39, 0.29) is 0 Å². The fourth-order valence-electron chi connectivity index (χ4n) is 2.05. The summed E-state index contributed by atoms with van der Waals surface area (Å²) in [7, 11) is 0. The van der Waals surface area contributed by atoms with Gasteiger partial charge in [0.15, 0.2) is 6.29 Å². The second-order valence-corrected chi connectivity index (χ2v) is 4.95. The SMILES string of the molecule is O=Cc1cc(Cc2c[nH]c3ccccc23)cs1. The normalized spacial score (nSPS) is 10.8. The number of fused-ring (bicyclic) bond motifs is 1. The van der Waals surface area contributed by atoms with E-state index in [1.807, 2.05) is 29.8 Å². The van der Waals surface area contributed by atoms with Crippen LogP contribution in [-0.2, 0) is 6.42 Å². The molecule has 0 bridgehead atoms. The minimum Gasteiger partial charge on any atom is -0.361 e. The number of aldehydes is 1. The maximum absolute atomic E-state index is 10.6. The molecule has 0 aliphatic carbocycles. The highest BCUT2D eigenvalue weighted by atomic mass is 32.1. The first-order valence-electron chi connectivity index (χ1n) is 5.44. The zero-order chi connectivity index (χ0) is 11.7. The monoisotopic (exact) mass is 241 g/mol. The van der Waals surface area contributed by atoms with E-state index < -0.39 is 0 Å². The van der Waals surface area contributed by atoms with Gasteiger partial charge in [0.1, 0.15) is 0 Å². The molecule has 0 saturated carbocycles. The van der Waals surface area contributed by atoms with E-state index in [1.165, 1.54) is 27.8 Å². The maximum Gasteiger partial charge on any atom is 0.160 e. The smallest absolute Gasteiger partial charge is 0.160 e. The third kappa shape index (κ3) is 1.89. The Bertz CT molecular complexity index is 665. The van der Waals surface area contributed by atoms with Gasteiger partial charge in [-0.05, 0) is 28.6 Å². The van der Waals surface area contributed by atoms with Crippen LogP contribution in [0.1, 0.15) is 20.8 Å². The van der Waals surface area contributed by atoms with E-state index in [9.17, 15) is 4.79 Å². The molecule has 0 unspecified atom stereocenters. The zero-order valence-corrected chi connectivity index (χ0v) is 9.96. The van der Waals surface area contributed by atoms with Crippen LogP contribution >= 0.6 is 11.3 Å². The Labute approximate surface area is 103 Å². The highest BCUT2D eigenvalue weighted by Gasteiger charge is 2.05. The van der Waals surface area contributed by atoms with Gasteiger partial charge in [0, 0.05) is 23.5 Å². The fourth-order valence-corrected chi connectivity index (χ4v) is 2.76. The number of H-pyrrole nitrogens is 1. The van der Waals surface area contributed by atoms with Crippen LogP contribution in [-0.4, -0.2) is 11.3 Å². The molecule has 0 aliphatic heterocycles. The van der Waals surface area contributed by atoms with Crippen molar-refractivity contribution >= 4 is 28.5 Å². The third-order valence-corrected chi connectivity index (χ3v) is 3.77. The number of hydrogen-bond donors (Lipinski definition) is 1. The maximum atomic E-state index is 10.6. The number of aromatic amines is 1. The van der Waals surface area contributed by atoms with Gasteiger partial charge in [0.05, 0.1) is 4.88 Å². The lowest BCUT2D eigenvalue weighted by atomic mass is 10.1. The highest BCUT2D eigenvalue weighted by Crippen LogP contribution is 2.22. The average Bonchev–Trinajstić information content (AvgIpc) is 2.97. The molecule has 0 aliphatic rings. The molecule has 0 radical (unpaired) electrons. The summed E-state index contributed by atoms with van der Waals surface area (Å²) < 4.78 is 0. The summed E-state index contributed by atoms with van der Waals surface area (Å²) in [6.45, 7) is 0. The third-order valence-electron chi connectivity index (χ3n) is 2.86. The van der Waals surface area contributed by atoms with Crippen LogP contribution in [0.25, 0.3) is 10.9 Å². The standard InChI is InChI=1S/C14H11NOS/c16-8-12-6-10(9-17-12)5-11-7-15-14-4-2-1-3-13(11)14/h1-4,6-9,15H,5H2. The number of nitrogens with one attached hydrogen (secondary N) is 1. The predicted molar refractivity (Wildman–Crippen MR) is 70.8 cm³/mol. The number of hydrogen-bond acceptors (Lipinski definition) is 2. The molecule has 17 heavy (non-hydrogen) atoms. The van der Waals surface area contributed by atoms with Gasteiger partial charge in [-0.15, -0.1) is 11.3 Å². The lowest BCUT2D eigenvalue weighted by Gasteiger charge is -1.96. The van der Waals surface area contributed by atoms with E-state index >= 15 is 0 Å². The molecule has 0 spiro atoms. The van der Waals surface area contributed by atoms with Crippen LogP contribution in [0.5, 0.6) is 0 Å². The second kappa shape index (κ2) is 4.18. The van der Waals surface area contributed by atoms with Crippen molar-refractivity contribution in [3.8, 4) is 0 Å². The van der Waals surface area contributed by atoms with Crippen LogP contribution in [0.15, 0.2) is 41.9 Å². The Morgan fingerprint density at radius 3 is 3.00 bits per heavy atom. The van der Waals surface area contributed by atoms with E-state index in [2.05, 4.69) is 17.1 Å². The predicted octanol–water partition coefficient (Wildman–Crippen LogP) is 3.63. The topological polar surface area (TPSA) is 32.9 Å². The number of aromatic nitrogens is 1. The number of rotatable bonds is 3. The molecule has 0 atom stereocenters. The fraction of sp³-hybridized carbons (Fsp3) is 0.0714. The Morgan fingerprint density at radius 1 is 1.29 bits per heavy atom. The molecule has 0 saturated heterocycles. The van der Waals surface area contributed by atoms with E-state index in [0.717, 1.165) is 23.1 Å². The summed E-state index contributed by atoms with van der Waals surface area (Å²) in [5.41, 5.74) is 3.63. The first-order chi connectivity index (χ1) is 8.36. The number of carbonyl (C=O) groups excluding carboxylic acids is 1. The van der Waals surface area contributed by atoms with E-state index in [0.29, 0.717) is 0 Å². The molecule has 2 heterocycles. The Hall–Kier alpha value is -1.87. The van der Waals surface area contributed by atoms with Gasteiger partial charge in [-0.25, -0.2) is 0 Å². The van der Waals surface area contributed by atoms with Gasteiger partial charge in [0.2, 0.25) is 0 Å². The molecule has 0 amide bonds. The molecule has 3 aromatic rings. The van der Waals surface area contributed by atoms with Crippen LogP contribution in [0.3, 0.4) is 0 Å². The highest BCUT2D eigenvalue weighted by molar-refractivity contribution is 7.11. The minimum atomic E-state index is 0.792. The molecule has 3 heteroatoms. The van der Waals surface area contributed by atoms with Gasteiger partial charge in [-0.2, -0.15) is 0 Å².